The minimum atomic E-state index is 0.0556. The second-order valence-corrected chi connectivity index (χ2v) is 2.11. The van der Waals surface area contributed by atoms with Crippen molar-refractivity contribution < 1.29 is 4.79 Å². The van der Waals surface area contributed by atoms with E-state index >= 15 is 0 Å². The van der Waals surface area contributed by atoms with Crippen LogP contribution in [0.5, 0.6) is 0 Å². The highest BCUT2D eigenvalue weighted by molar-refractivity contribution is 5.82. The lowest BCUT2D eigenvalue weighted by Gasteiger charge is -2.00. The second-order valence-electron chi connectivity index (χ2n) is 2.11. The van der Waals surface area contributed by atoms with Crippen molar-refractivity contribution in [1.29, 1.82) is 5.26 Å². The molecule has 2 heteroatoms. The maximum absolute atomic E-state index is 10.8. The molecule has 0 bridgehead atoms. The molecule has 0 aliphatic heterocycles. The van der Waals surface area contributed by atoms with Gasteiger partial charge in [0, 0.05) is 5.92 Å². The van der Waals surface area contributed by atoms with Gasteiger partial charge in [0.15, 0.2) is 0 Å². The van der Waals surface area contributed by atoms with Crippen molar-refractivity contribution in [3.63, 3.8) is 0 Å². The molecule has 50 valence electrons. The van der Waals surface area contributed by atoms with Crippen molar-refractivity contribution in [3.8, 4) is 6.07 Å². The molecule has 0 saturated carbocycles. The first kappa shape index (κ1) is 8.16. The average Bonchev–Trinajstić information content (AvgIpc) is 1.87. The zero-order valence-corrected chi connectivity index (χ0v) is 5.85. The molecule has 0 spiro atoms. The molecule has 0 aromatic rings. The van der Waals surface area contributed by atoms with Gasteiger partial charge in [-0.15, -0.1) is 0 Å². The van der Waals surface area contributed by atoms with Gasteiger partial charge in [0.05, 0.1) is 12.5 Å². The summed E-state index contributed by atoms with van der Waals surface area (Å²) in [7, 11) is 0. The number of hydrogen-bond acceptors (Lipinski definition) is 2. The molecule has 0 heterocycles. The molecule has 0 radical (unpaired) electrons. The first-order chi connectivity index (χ1) is 4.22. The zero-order chi connectivity index (χ0) is 7.28. The van der Waals surface area contributed by atoms with E-state index in [0.29, 0.717) is 0 Å². The number of hydrogen-bond donors (Lipinski definition) is 0. The maximum Gasteiger partial charge on any atom is 0.149 e. The number of carbonyl (C=O) groups excluding carboxylic acids is 1. The second kappa shape index (κ2) is 4.08. The fourth-order valence-corrected chi connectivity index (χ4v) is 0.480. The van der Waals surface area contributed by atoms with Gasteiger partial charge < -0.3 is 0 Å². The van der Waals surface area contributed by atoms with Crippen LogP contribution in [0.3, 0.4) is 0 Å². The summed E-state index contributed by atoms with van der Waals surface area (Å²) in [5, 5.41) is 8.11. The predicted molar refractivity (Wildman–Crippen MR) is 34.7 cm³/mol. The summed E-state index contributed by atoms with van der Waals surface area (Å²) < 4.78 is 0. The summed E-state index contributed by atoms with van der Waals surface area (Å²) in [5.74, 6) is 0.115. The molecule has 0 aromatic heterocycles. The van der Waals surface area contributed by atoms with Crippen molar-refractivity contribution in [2.45, 2.75) is 26.7 Å². The Kier molecular flexibility index (Phi) is 3.70. The van der Waals surface area contributed by atoms with Crippen molar-refractivity contribution in [1.82, 2.24) is 0 Å². The highest BCUT2D eigenvalue weighted by atomic mass is 16.1. The van der Waals surface area contributed by atoms with Crippen LogP contribution in [-0.4, -0.2) is 5.78 Å². The van der Waals surface area contributed by atoms with Crippen LogP contribution in [0.25, 0.3) is 0 Å². The van der Waals surface area contributed by atoms with Gasteiger partial charge in [0.2, 0.25) is 0 Å². The van der Waals surface area contributed by atoms with E-state index in [-0.39, 0.29) is 18.1 Å². The van der Waals surface area contributed by atoms with Crippen molar-refractivity contribution >= 4 is 5.78 Å². The number of rotatable bonds is 3. The van der Waals surface area contributed by atoms with Gasteiger partial charge in [-0.05, 0) is 6.42 Å². The molecule has 0 unspecified atom stereocenters. The minimum Gasteiger partial charge on any atom is -0.298 e. The molecule has 0 rings (SSSR count). The Bertz CT molecular complexity index is 134. The topological polar surface area (TPSA) is 40.9 Å². The van der Waals surface area contributed by atoms with E-state index in [4.69, 9.17) is 5.26 Å². The molecule has 0 saturated heterocycles. The number of Topliss-reactive ketones (excluding diaryl/α,β-unsaturated/α-hetero) is 1. The average molecular weight is 125 g/mol. The van der Waals surface area contributed by atoms with Crippen LogP contribution >= 0.6 is 0 Å². The Morgan fingerprint density at radius 3 is 2.67 bits per heavy atom. The van der Waals surface area contributed by atoms with E-state index in [1.54, 1.807) is 0 Å². The summed E-state index contributed by atoms with van der Waals surface area (Å²) in [6, 6.07) is 1.83. The van der Waals surface area contributed by atoms with Crippen LogP contribution in [-0.2, 0) is 4.79 Å². The molecule has 0 fully saturated rings. The van der Waals surface area contributed by atoms with Gasteiger partial charge in [0.25, 0.3) is 0 Å². The van der Waals surface area contributed by atoms with Crippen LogP contribution in [0, 0.1) is 17.2 Å². The zero-order valence-electron chi connectivity index (χ0n) is 5.85. The van der Waals surface area contributed by atoms with Crippen LogP contribution < -0.4 is 0 Å². The molecule has 0 N–H and O–H groups in total. The van der Waals surface area contributed by atoms with Crippen molar-refractivity contribution in [2.24, 2.45) is 5.92 Å². The smallest absolute Gasteiger partial charge is 0.149 e. The third-order valence-electron chi connectivity index (χ3n) is 1.42. The molecule has 1 atom stereocenters. The van der Waals surface area contributed by atoms with Crippen molar-refractivity contribution in [3.05, 3.63) is 0 Å². The van der Waals surface area contributed by atoms with Gasteiger partial charge in [-0.3, -0.25) is 4.79 Å². The SMILES string of the molecule is CC[C@@H](C)C(=O)CC#N. The lowest BCUT2D eigenvalue weighted by atomic mass is 10.0. The normalized spacial score (nSPS) is 12.1. The third-order valence-corrected chi connectivity index (χ3v) is 1.42. The first-order valence-electron chi connectivity index (χ1n) is 3.12. The van der Waals surface area contributed by atoms with E-state index in [1.807, 2.05) is 19.9 Å². The van der Waals surface area contributed by atoms with Crippen molar-refractivity contribution in [2.75, 3.05) is 0 Å². The summed E-state index contributed by atoms with van der Waals surface area (Å²) in [6.07, 6.45) is 0.898. The highest BCUT2D eigenvalue weighted by Crippen LogP contribution is 2.03. The van der Waals surface area contributed by atoms with E-state index in [0.717, 1.165) is 6.42 Å². The quantitative estimate of drug-likeness (QED) is 0.573. The molecule has 0 aliphatic carbocycles. The monoisotopic (exact) mass is 125 g/mol. The minimum absolute atomic E-state index is 0.0556. The maximum atomic E-state index is 10.8. The summed E-state index contributed by atoms with van der Waals surface area (Å²) in [4.78, 5) is 10.8. The van der Waals surface area contributed by atoms with E-state index in [9.17, 15) is 4.79 Å². The van der Waals surface area contributed by atoms with Gasteiger partial charge in [-0.25, -0.2) is 0 Å². The molecular formula is C7H11NO. The Hall–Kier alpha value is -0.840. The Labute approximate surface area is 55.5 Å². The number of nitrogens with zero attached hydrogens (tertiary/aromatic N) is 1. The molecular weight excluding hydrogens is 114 g/mol. The van der Waals surface area contributed by atoms with Crippen LogP contribution in [0.1, 0.15) is 26.7 Å². The fourth-order valence-electron chi connectivity index (χ4n) is 0.480. The first-order valence-corrected chi connectivity index (χ1v) is 3.12. The fraction of sp³-hybridized carbons (Fsp3) is 0.714. The Morgan fingerprint density at radius 1 is 1.78 bits per heavy atom. The molecule has 9 heavy (non-hydrogen) atoms. The molecule has 0 amide bonds. The van der Waals surface area contributed by atoms with Gasteiger partial charge in [-0.1, -0.05) is 13.8 Å². The van der Waals surface area contributed by atoms with Crippen LogP contribution in [0.2, 0.25) is 0 Å². The third kappa shape index (κ3) is 2.86. The summed E-state index contributed by atoms with van der Waals surface area (Å²) in [6.45, 7) is 3.79. The highest BCUT2D eigenvalue weighted by Gasteiger charge is 2.08. The Morgan fingerprint density at radius 2 is 2.33 bits per heavy atom. The lowest BCUT2D eigenvalue weighted by Crippen LogP contribution is -2.07. The summed E-state index contributed by atoms with van der Waals surface area (Å²) in [5.41, 5.74) is 0. The number of ketones is 1. The predicted octanol–water partition coefficient (Wildman–Crippen LogP) is 1.52. The van der Waals surface area contributed by atoms with Gasteiger partial charge in [-0.2, -0.15) is 5.26 Å². The summed E-state index contributed by atoms with van der Waals surface area (Å²) >= 11 is 0. The van der Waals surface area contributed by atoms with Gasteiger partial charge >= 0.3 is 0 Å². The van der Waals surface area contributed by atoms with E-state index < -0.39 is 0 Å². The number of nitriles is 1. The molecule has 0 aromatic carbocycles. The van der Waals surface area contributed by atoms with Crippen LogP contribution in [0.15, 0.2) is 0 Å². The van der Waals surface area contributed by atoms with Gasteiger partial charge in [0.1, 0.15) is 5.78 Å². The molecule has 2 nitrogen and oxygen atoms in total. The van der Waals surface area contributed by atoms with E-state index in [2.05, 4.69) is 0 Å². The standard InChI is InChI=1S/C7H11NO/c1-3-6(2)7(9)4-5-8/h6H,3-4H2,1-2H3/t6-/m1/s1. The molecule has 0 aliphatic rings. The van der Waals surface area contributed by atoms with Crippen LogP contribution in [0.4, 0.5) is 0 Å². The number of carbonyl (C=O) groups is 1. The van der Waals surface area contributed by atoms with E-state index in [1.165, 1.54) is 0 Å². The largest absolute Gasteiger partial charge is 0.298 e. The lowest BCUT2D eigenvalue weighted by molar-refractivity contribution is -0.121. The Balaban J connectivity index is 3.62.